The van der Waals surface area contributed by atoms with E-state index < -0.39 is 0 Å². The van der Waals surface area contributed by atoms with Gasteiger partial charge in [0.05, 0.1) is 13.2 Å². The quantitative estimate of drug-likeness (QED) is 0.460. The third-order valence-corrected chi connectivity index (χ3v) is 3.43. The molecule has 1 aromatic rings. The van der Waals surface area contributed by atoms with Gasteiger partial charge in [0.1, 0.15) is 11.6 Å². The summed E-state index contributed by atoms with van der Waals surface area (Å²) < 4.78 is 5.27. The highest BCUT2D eigenvalue weighted by atomic mass is 16.5. The van der Waals surface area contributed by atoms with Gasteiger partial charge in [0.2, 0.25) is 5.91 Å². The van der Waals surface area contributed by atoms with Gasteiger partial charge in [-0.1, -0.05) is 12.1 Å². The zero-order valence-corrected chi connectivity index (χ0v) is 11.5. The van der Waals surface area contributed by atoms with Crippen LogP contribution in [0.25, 0.3) is 0 Å². The summed E-state index contributed by atoms with van der Waals surface area (Å²) in [6.07, 6.45) is 1.92. The maximum atomic E-state index is 11.9. The van der Waals surface area contributed by atoms with E-state index in [9.17, 15) is 4.79 Å². The first-order chi connectivity index (χ1) is 9.61. The summed E-state index contributed by atoms with van der Waals surface area (Å²) >= 11 is 0. The Morgan fingerprint density at radius 3 is 3.00 bits per heavy atom. The molecule has 1 aliphatic heterocycles. The van der Waals surface area contributed by atoms with Gasteiger partial charge in [-0.15, -0.1) is 0 Å². The van der Waals surface area contributed by atoms with Crippen molar-refractivity contribution in [1.29, 1.82) is 5.41 Å². The number of hydrogen-bond donors (Lipinski definition) is 4. The second kappa shape index (κ2) is 6.38. The molecule has 108 valence electrons. The fourth-order valence-electron chi connectivity index (χ4n) is 2.27. The molecule has 0 saturated carbocycles. The molecule has 0 aliphatic carbocycles. The van der Waals surface area contributed by atoms with Crippen LogP contribution in [0.2, 0.25) is 0 Å². The smallest absolute Gasteiger partial charge is 0.237 e. The Morgan fingerprint density at radius 2 is 2.40 bits per heavy atom. The first-order valence-corrected chi connectivity index (χ1v) is 6.64. The third kappa shape index (κ3) is 3.27. The number of nitrogen functional groups attached to an aromatic ring is 1. The number of carbonyl (C=O) groups is 1. The standard InChI is InChI=1S/C14H20N4O2/c1-20-12-7-9(13(15)16)4-5-10(12)8-18-14(19)11-3-2-6-17-11/h4-5,7,11,17H,2-3,6,8H2,1H3,(H3,15,16)(H,18,19)/t11-/m0/s1. The topological polar surface area (TPSA) is 100 Å². The van der Waals surface area contributed by atoms with Crippen LogP contribution in [0.5, 0.6) is 5.75 Å². The minimum atomic E-state index is -0.0857. The lowest BCUT2D eigenvalue weighted by atomic mass is 10.1. The van der Waals surface area contributed by atoms with E-state index in [1.54, 1.807) is 19.2 Å². The van der Waals surface area contributed by atoms with Crippen LogP contribution in [0, 0.1) is 5.41 Å². The molecule has 1 amide bonds. The number of nitrogens with two attached hydrogens (primary N) is 1. The summed E-state index contributed by atoms with van der Waals surface area (Å²) in [6, 6.07) is 5.19. The Bertz CT molecular complexity index is 510. The Labute approximate surface area is 118 Å². The Balaban J connectivity index is 2.01. The van der Waals surface area contributed by atoms with Crippen LogP contribution in [0.15, 0.2) is 18.2 Å². The predicted octanol–water partition coefficient (Wildman–Crippen LogP) is 0.347. The normalized spacial score (nSPS) is 17.8. The fraction of sp³-hybridized carbons (Fsp3) is 0.429. The van der Waals surface area contributed by atoms with Crippen molar-refractivity contribution in [2.45, 2.75) is 25.4 Å². The summed E-state index contributed by atoms with van der Waals surface area (Å²) in [5.74, 6) is 0.631. The van der Waals surface area contributed by atoms with Gasteiger partial charge in [0.15, 0.2) is 0 Å². The van der Waals surface area contributed by atoms with Crippen molar-refractivity contribution in [1.82, 2.24) is 10.6 Å². The van der Waals surface area contributed by atoms with E-state index >= 15 is 0 Å². The highest BCUT2D eigenvalue weighted by molar-refractivity contribution is 5.95. The number of methoxy groups -OCH3 is 1. The van der Waals surface area contributed by atoms with Gasteiger partial charge >= 0.3 is 0 Å². The van der Waals surface area contributed by atoms with E-state index in [-0.39, 0.29) is 17.8 Å². The molecule has 5 N–H and O–H groups in total. The highest BCUT2D eigenvalue weighted by Crippen LogP contribution is 2.20. The van der Waals surface area contributed by atoms with Gasteiger partial charge in [-0.05, 0) is 25.5 Å². The second-order valence-electron chi connectivity index (χ2n) is 4.81. The van der Waals surface area contributed by atoms with E-state index in [4.69, 9.17) is 15.9 Å². The first kappa shape index (κ1) is 14.3. The van der Waals surface area contributed by atoms with Crippen molar-refractivity contribution in [3.05, 3.63) is 29.3 Å². The number of hydrogen-bond acceptors (Lipinski definition) is 4. The molecule has 0 radical (unpaired) electrons. The molecule has 1 aliphatic rings. The number of carbonyl (C=O) groups excluding carboxylic acids is 1. The van der Waals surface area contributed by atoms with Crippen LogP contribution in [-0.4, -0.2) is 31.4 Å². The minimum absolute atomic E-state index is 0.00552. The number of amides is 1. The molecule has 0 unspecified atom stereocenters. The molecule has 1 heterocycles. The lowest BCUT2D eigenvalue weighted by molar-refractivity contribution is -0.122. The van der Waals surface area contributed by atoms with E-state index in [0.29, 0.717) is 17.9 Å². The van der Waals surface area contributed by atoms with Crippen LogP contribution in [-0.2, 0) is 11.3 Å². The number of rotatable bonds is 5. The molecule has 0 spiro atoms. The van der Waals surface area contributed by atoms with Crippen molar-refractivity contribution < 1.29 is 9.53 Å². The van der Waals surface area contributed by atoms with Crippen molar-refractivity contribution in [2.75, 3.05) is 13.7 Å². The van der Waals surface area contributed by atoms with Crippen LogP contribution in [0.3, 0.4) is 0 Å². The average Bonchev–Trinajstić information content (AvgIpc) is 2.98. The van der Waals surface area contributed by atoms with Crippen LogP contribution in [0.1, 0.15) is 24.0 Å². The molecule has 2 rings (SSSR count). The second-order valence-corrected chi connectivity index (χ2v) is 4.81. The summed E-state index contributed by atoms with van der Waals surface area (Å²) in [4.78, 5) is 11.9. The van der Waals surface area contributed by atoms with Gasteiger partial charge in [-0.25, -0.2) is 0 Å². The molecule has 6 heteroatoms. The van der Waals surface area contributed by atoms with Crippen molar-refractivity contribution in [3.8, 4) is 5.75 Å². The van der Waals surface area contributed by atoms with Crippen LogP contribution < -0.4 is 21.1 Å². The molecule has 6 nitrogen and oxygen atoms in total. The average molecular weight is 276 g/mol. The Hall–Kier alpha value is -2.08. The van der Waals surface area contributed by atoms with E-state index in [1.807, 2.05) is 6.07 Å². The van der Waals surface area contributed by atoms with Crippen molar-refractivity contribution >= 4 is 11.7 Å². The molecular formula is C14H20N4O2. The number of ether oxygens (including phenoxy) is 1. The van der Waals surface area contributed by atoms with E-state index in [2.05, 4.69) is 10.6 Å². The SMILES string of the molecule is COc1cc(C(=N)N)ccc1CNC(=O)[C@@H]1CCCN1. The molecule has 0 bridgehead atoms. The largest absolute Gasteiger partial charge is 0.496 e. The van der Waals surface area contributed by atoms with Crippen molar-refractivity contribution in [2.24, 2.45) is 5.73 Å². The molecule has 1 fully saturated rings. The van der Waals surface area contributed by atoms with Crippen LogP contribution >= 0.6 is 0 Å². The van der Waals surface area contributed by atoms with E-state index in [1.165, 1.54) is 0 Å². The number of amidine groups is 1. The summed E-state index contributed by atoms with van der Waals surface area (Å²) in [6.45, 7) is 1.30. The zero-order chi connectivity index (χ0) is 14.5. The predicted molar refractivity (Wildman–Crippen MR) is 76.9 cm³/mol. The van der Waals surface area contributed by atoms with Crippen molar-refractivity contribution in [3.63, 3.8) is 0 Å². The molecule has 20 heavy (non-hydrogen) atoms. The third-order valence-electron chi connectivity index (χ3n) is 3.43. The number of nitrogens with one attached hydrogen (secondary N) is 3. The van der Waals surface area contributed by atoms with Gasteiger partial charge < -0.3 is 21.1 Å². The Kier molecular flexibility index (Phi) is 4.57. The van der Waals surface area contributed by atoms with Gasteiger partial charge in [-0.2, -0.15) is 0 Å². The maximum absolute atomic E-state index is 11.9. The minimum Gasteiger partial charge on any atom is -0.496 e. The fourth-order valence-corrected chi connectivity index (χ4v) is 2.27. The van der Waals surface area contributed by atoms with Gasteiger partial charge in [-0.3, -0.25) is 10.2 Å². The molecule has 1 atom stereocenters. The highest BCUT2D eigenvalue weighted by Gasteiger charge is 2.21. The molecule has 0 aromatic heterocycles. The summed E-state index contributed by atoms with van der Waals surface area (Å²) in [5, 5.41) is 13.5. The van der Waals surface area contributed by atoms with Gasteiger partial charge in [0.25, 0.3) is 0 Å². The summed E-state index contributed by atoms with van der Waals surface area (Å²) in [7, 11) is 1.56. The van der Waals surface area contributed by atoms with Gasteiger partial charge in [0, 0.05) is 17.7 Å². The number of benzene rings is 1. The lowest BCUT2D eigenvalue weighted by Crippen LogP contribution is -2.40. The first-order valence-electron chi connectivity index (χ1n) is 6.64. The maximum Gasteiger partial charge on any atom is 0.237 e. The van der Waals surface area contributed by atoms with Crippen LogP contribution in [0.4, 0.5) is 0 Å². The summed E-state index contributed by atoms with van der Waals surface area (Å²) in [5.41, 5.74) is 6.91. The lowest BCUT2D eigenvalue weighted by Gasteiger charge is -2.14. The molecular weight excluding hydrogens is 256 g/mol. The molecule has 1 saturated heterocycles. The monoisotopic (exact) mass is 276 g/mol. The zero-order valence-electron chi connectivity index (χ0n) is 11.5. The molecule has 1 aromatic carbocycles. The van der Waals surface area contributed by atoms with E-state index in [0.717, 1.165) is 24.9 Å². The Morgan fingerprint density at radius 1 is 1.60 bits per heavy atom.